The van der Waals surface area contributed by atoms with Crippen molar-refractivity contribution >= 4 is 5.91 Å². The van der Waals surface area contributed by atoms with Crippen molar-refractivity contribution in [2.75, 3.05) is 6.61 Å². The number of carbonyl (C=O) groups is 1. The van der Waals surface area contributed by atoms with Gasteiger partial charge in [-0.3, -0.25) is 4.79 Å². The molecule has 0 bridgehead atoms. The average molecular weight is 297 g/mol. The molecule has 22 heavy (non-hydrogen) atoms. The van der Waals surface area contributed by atoms with Gasteiger partial charge in [0, 0.05) is 6.54 Å². The van der Waals surface area contributed by atoms with E-state index in [-0.39, 0.29) is 12.5 Å². The van der Waals surface area contributed by atoms with Crippen LogP contribution in [0.5, 0.6) is 5.75 Å². The molecule has 0 unspecified atom stereocenters. The Morgan fingerprint density at radius 1 is 0.955 bits per heavy atom. The molecule has 0 aromatic heterocycles. The number of nitrogens with one attached hydrogen (secondary N) is 1. The summed E-state index contributed by atoms with van der Waals surface area (Å²) in [6, 6.07) is 12.1. The van der Waals surface area contributed by atoms with E-state index in [1.54, 1.807) is 0 Å². The third kappa shape index (κ3) is 3.88. The molecule has 3 nitrogen and oxygen atoms in total. The fourth-order valence-corrected chi connectivity index (χ4v) is 2.34. The molecule has 116 valence electrons. The first-order valence-corrected chi connectivity index (χ1v) is 7.50. The Morgan fingerprint density at radius 2 is 1.64 bits per heavy atom. The Labute approximate surface area is 132 Å². The second kappa shape index (κ2) is 7.12. The molecule has 0 aliphatic carbocycles. The van der Waals surface area contributed by atoms with E-state index in [2.05, 4.69) is 11.4 Å². The van der Waals surface area contributed by atoms with Crippen molar-refractivity contribution in [1.29, 1.82) is 0 Å². The number of rotatable bonds is 5. The molecule has 3 heteroatoms. The van der Waals surface area contributed by atoms with Crippen LogP contribution in [0.25, 0.3) is 0 Å². The van der Waals surface area contributed by atoms with Crippen LogP contribution in [0.4, 0.5) is 0 Å². The van der Waals surface area contributed by atoms with E-state index in [0.717, 1.165) is 22.4 Å². The van der Waals surface area contributed by atoms with Crippen molar-refractivity contribution in [1.82, 2.24) is 5.32 Å². The monoisotopic (exact) mass is 297 g/mol. The number of amides is 1. The third-order valence-corrected chi connectivity index (χ3v) is 3.96. The van der Waals surface area contributed by atoms with E-state index in [1.165, 1.54) is 11.1 Å². The Hall–Kier alpha value is -2.29. The van der Waals surface area contributed by atoms with Gasteiger partial charge in [-0.2, -0.15) is 0 Å². The molecule has 2 rings (SSSR count). The lowest BCUT2D eigenvalue weighted by atomic mass is 10.1. The van der Waals surface area contributed by atoms with Gasteiger partial charge in [0.1, 0.15) is 5.75 Å². The van der Waals surface area contributed by atoms with Crippen LogP contribution in [0.3, 0.4) is 0 Å². The van der Waals surface area contributed by atoms with Gasteiger partial charge < -0.3 is 10.1 Å². The Kier molecular flexibility index (Phi) is 5.21. The molecular formula is C19H23NO2. The molecule has 2 aromatic carbocycles. The molecule has 0 aliphatic heterocycles. The number of ether oxygens (including phenoxy) is 1. The highest BCUT2D eigenvalue weighted by Gasteiger charge is 2.09. The number of hydrogen-bond acceptors (Lipinski definition) is 2. The Balaban J connectivity index is 1.91. The lowest BCUT2D eigenvalue weighted by molar-refractivity contribution is -0.123. The van der Waals surface area contributed by atoms with Crippen molar-refractivity contribution in [2.24, 2.45) is 0 Å². The second-order valence-corrected chi connectivity index (χ2v) is 5.65. The SMILES string of the molecule is Cc1ccccc1CNC(=O)COc1c(C)ccc(C)c1C. The van der Waals surface area contributed by atoms with Crippen LogP contribution in [0.2, 0.25) is 0 Å². The van der Waals surface area contributed by atoms with E-state index in [9.17, 15) is 4.79 Å². The number of aryl methyl sites for hydroxylation is 3. The maximum Gasteiger partial charge on any atom is 0.258 e. The van der Waals surface area contributed by atoms with Gasteiger partial charge in [0.25, 0.3) is 5.91 Å². The van der Waals surface area contributed by atoms with Gasteiger partial charge in [0.2, 0.25) is 0 Å². The molecule has 0 saturated heterocycles. The highest BCUT2D eigenvalue weighted by atomic mass is 16.5. The van der Waals surface area contributed by atoms with E-state index in [1.807, 2.05) is 58.0 Å². The predicted molar refractivity (Wildman–Crippen MR) is 89.2 cm³/mol. The predicted octanol–water partition coefficient (Wildman–Crippen LogP) is 3.62. The molecule has 0 atom stereocenters. The first-order valence-electron chi connectivity index (χ1n) is 7.50. The maximum absolute atomic E-state index is 12.0. The summed E-state index contributed by atoms with van der Waals surface area (Å²) in [5.41, 5.74) is 5.61. The summed E-state index contributed by atoms with van der Waals surface area (Å²) in [6.45, 7) is 8.66. The third-order valence-electron chi connectivity index (χ3n) is 3.96. The van der Waals surface area contributed by atoms with E-state index in [0.29, 0.717) is 6.54 Å². The summed E-state index contributed by atoms with van der Waals surface area (Å²) in [6.07, 6.45) is 0. The van der Waals surface area contributed by atoms with Crippen molar-refractivity contribution in [3.63, 3.8) is 0 Å². The van der Waals surface area contributed by atoms with Crippen LogP contribution in [0.1, 0.15) is 27.8 Å². The van der Waals surface area contributed by atoms with E-state index < -0.39 is 0 Å². The quantitative estimate of drug-likeness (QED) is 0.915. The maximum atomic E-state index is 12.0. The summed E-state index contributed by atoms with van der Waals surface area (Å²) in [7, 11) is 0. The zero-order chi connectivity index (χ0) is 16.1. The largest absolute Gasteiger partial charge is 0.483 e. The van der Waals surface area contributed by atoms with Gasteiger partial charge in [-0.05, 0) is 55.5 Å². The molecule has 1 N–H and O–H groups in total. The van der Waals surface area contributed by atoms with Crippen LogP contribution in [0.15, 0.2) is 36.4 Å². The topological polar surface area (TPSA) is 38.3 Å². The van der Waals surface area contributed by atoms with Crippen LogP contribution < -0.4 is 10.1 Å². The molecular weight excluding hydrogens is 274 g/mol. The summed E-state index contributed by atoms with van der Waals surface area (Å²) in [5.74, 6) is 0.703. The minimum Gasteiger partial charge on any atom is -0.483 e. The summed E-state index contributed by atoms with van der Waals surface area (Å²) in [4.78, 5) is 12.0. The molecule has 0 aliphatic rings. The average Bonchev–Trinajstić information content (AvgIpc) is 2.50. The zero-order valence-corrected chi connectivity index (χ0v) is 13.7. The fraction of sp³-hybridized carbons (Fsp3) is 0.316. The second-order valence-electron chi connectivity index (χ2n) is 5.65. The van der Waals surface area contributed by atoms with Crippen molar-refractivity contribution in [3.8, 4) is 5.75 Å². The van der Waals surface area contributed by atoms with E-state index >= 15 is 0 Å². The van der Waals surface area contributed by atoms with Gasteiger partial charge in [-0.15, -0.1) is 0 Å². The molecule has 0 radical (unpaired) electrons. The fourth-order valence-electron chi connectivity index (χ4n) is 2.34. The summed E-state index contributed by atoms with van der Waals surface area (Å²) >= 11 is 0. The minimum atomic E-state index is -0.108. The number of carbonyl (C=O) groups excluding carboxylic acids is 1. The van der Waals surface area contributed by atoms with Gasteiger partial charge in [0.15, 0.2) is 6.61 Å². The summed E-state index contributed by atoms with van der Waals surface area (Å²) < 4.78 is 5.72. The number of benzene rings is 2. The molecule has 0 heterocycles. The van der Waals surface area contributed by atoms with Crippen LogP contribution in [-0.2, 0) is 11.3 Å². The highest BCUT2D eigenvalue weighted by molar-refractivity contribution is 5.77. The van der Waals surface area contributed by atoms with Crippen LogP contribution in [-0.4, -0.2) is 12.5 Å². The minimum absolute atomic E-state index is 0.0387. The lowest BCUT2D eigenvalue weighted by Gasteiger charge is -2.14. The molecule has 0 spiro atoms. The smallest absolute Gasteiger partial charge is 0.258 e. The summed E-state index contributed by atoms with van der Waals surface area (Å²) in [5, 5.41) is 2.90. The highest BCUT2D eigenvalue weighted by Crippen LogP contribution is 2.25. The van der Waals surface area contributed by atoms with Gasteiger partial charge in [-0.25, -0.2) is 0 Å². The molecule has 0 saturated carbocycles. The van der Waals surface area contributed by atoms with Gasteiger partial charge in [0.05, 0.1) is 0 Å². The standard InChI is InChI=1S/C19H23NO2/c1-13-9-10-15(3)19(16(13)4)22-12-18(21)20-11-17-8-6-5-7-14(17)2/h5-10H,11-12H2,1-4H3,(H,20,21). The van der Waals surface area contributed by atoms with Crippen LogP contribution >= 0.6 is 0 Å². The lowest BCUT2D eigenvalue weighted by Crippen LogP contribution is -2.28. The van der Waals surface area contributed by atoms with Gasteiger partial charge >= 0.3 is 0 Å². The first-order chi connectivity index (χ1) is 10.5. The molecule has 2 aromatic rings. The first kappa shape index (κ1) is 16.1. The molecule has 0 fully saturated rings. The zero-order valence-electron chi connectivity index (χ0n) is 13.7. The van der Waals surface area contributed by atoms with Crippen molar-refractivity contribution in [3.05, 3.63) is 64.2 Å². The van der Waals surface area contributed by atoms with Crippen molar-refractivity contribution in [2.45, 2.75) is 34.2 Å². The number of hydrogen-bond donors (Lipinski definition) is 1. The van der Waals surface area contributed by atoms with E-state index in [4.69, 9.17) is 4.74 Å². The van der Waals surface area contributed by atoms with Gasteiger partial charge in [-0.1, -0.05) is 36.4 Å². The van der Waals surface area contributed by atoms with Crippen molar-refractivity contribution < 1.29 is 9.53 Å². The Bertz CT molecular complexity index is 677. The van der Waals surface area contributed by atoms with Crippen LogP contribution in [0, 0.1) is 27.7 Å². The normalized spacial score (nSPS) is 10.4. The Morgan fingerprint density at radius 3 is 2.36 bits per heavy atom. The molecule has 1 amide bonds.